The highest BCUT2D eigenvalue weighted by molar-refractivity contribution is 6.00. The van der Waals surface area contributed by atoms with Gasteiger partial charge in [0.05, 0.1) is 17.9 Å². The molecule has 0 heterocycles. The first kappa shape index (κ1) is 39.9. The van der Waals surface area contributed by atoms with Gasteiger partial charge in [-0.3, -0.25) is 24.5 Å². The van der Waals surface area contributed by atoms with Crippen LogP contribution in [0.15, 0.2) is 11.1 Å². The van der Waals surface area contributed by atoms with Crippen LogP contribution in [0.25, 0.3) is 0 Å². The molecular weight excluding hydrogens is 646 g/mol. The van der Waals surface area contributed by atoms with Crippen LogP contribution in [0.1, 0.15) is 153 Å². The molecule has 5 aliphatic rings. The number of fused-ring (bicyclic) bond motifs is 7. The fourth-order valence-corrected chi connectivity index (χ4v) is 13.0. The van der Waals surface area contributed by atoms with E-state index in [4.69, 9.17) is 9.47 Å². The van der Waals surface area contributed by atoms with Crippen molar-refractivity contribution in [1.29, 1.82) is 0 Å². The number of allylic oxidation sites excluding steroid dienone is 1. The van der Waals surface area contributed by atoms with E-state index in [1.54, 1.807) is 13.8 Å². The van der Waals surface area contributed by atoms with Gasteiger partial charge in [-0.2, -0.15) is 0 Å². The summed E-state index contributed by atoms with van der Waals surface area (Å²) in [5, 5.41) is 23.2. The minimum atomic E-state index is -1.18. The minimum absolute atomic E-state index is 0.00191. The average molecular weight is 714 g/mol. The Bertz CT molecular complexity index is 1450. The lowest BCUT2D eigenvalue weighted by atomic mass is 9.33. The lowest BCUT2D eigenvalue weighted by Gasteiger charge is -2.72. The Hall–Kier alpha value is -2.29. The van der Waals surface area contributed by atoms with Gasteiger partial charge in [0.1, 0.15) is 12.2 Å². The van der Waals surface area contributed by atoms with Crippen LogP contribution in [0, 0.1) is 66.3 Å². The first-order chi connectivity index (χ1) is 23.5. The number of Topliss-reactive ketones (excluding diaryl/α,β-unsaturated/α-hetero) is 1. The maximum Gasteiger partial charge on any atom is 0.312 e. The molecule has 9 nitrogen and oxygen atoms in total. The predicted octanol–water partition coefficient (Wildman–Crippen LogP) is 8.66. The van der Waals surface area contributed by atoms with Gasteiger partial charge in [-0.15, -0.1) is 0 Å². The second kappa shape index (κ2) is 13.5. The van der Waals surface area contributed by atoms with E-state index in [1.807, 2.05) is 6.92 Å². The molecule has 2 unspecified atom stereocenters. The summed E-state index contributed by atoms with van der Waals surface area (Å²) < 4.78 is 12.0. The second-order valence-corrected chi connectivity index (χ2v) is 19.8. The number of rotatable bonds is 11. The number of ketones is 1. The van der Waals surface area contributed by atoms with Crippen molar-refractivity contribution >= 4 is 17.7 Å². The summed E-state index contributed by atoms with van der Waals surface area (Å²) in [6.07, 6.45) is 7.34. The summed E-state index contributed by atoms with van der Waals surface area (Å²) in [6, 6.07) is 0. The minimum Gasteiger partial charge on any atom is -0.462 e. The van der Waals surface area contributed by atoms with E-state index >= 15 is 0 Å². The number of hydrogen-bond donors (Lipinski definition) is 1. The van der Waals surface area contributed by atoms with E-state index in [9.17, 15) is 29.6 Å². The zero-order valence-corrected chi connectivity index (χ0v) is 33.5. The second-order valence-electron chi connectivity index (χ2n) is 19.8. The van der Waals surface area contributed by atoms with Gasteiger partial charge in [0, 0.05) is 22.2 Å². The molecule has 0 aliphatic heterocycles. The first-order valence-electron chi connectivity index (χ1n) is 20.0. The maximum atomic E-state index is 13.7. The number of carbonyl (C=O) groups is 3. The maximum absolute atomic E-state index is 13.7. The van der Waals surface area contributed by atoms with Crippen molar-refractivity contribution < 1.29 is 33.9 Å². The Morgan fingerprint density at radius 1 is 0.961 bits per heavy atom. The third-order valence-corrected chi connectivity index (χ3v) is 15.8. The molecule has 10 atom stereocenters. The third-order valence-electron chi connectivity index (χ3n) is 15.8. The molecule has 0 amide bonds. The van der Waals surface area contributed by atoms with Crippen LogP contribution in [-0.4, -0.2) is 52.6 Å². The fourth-order valence-electron chi connectivity index (χ4n) is 13.0. The number of nitrogens with zero attached hydrogens (tertiary/aromatic N) is 1. The number of nitro groups is 1. The van der Waals surface area contributed by atoms with Gasteiger partial charge in [0.15, 0.2) is 5.78 Å². The van der Waals surface area contributed by atoms with E-state index in [-0.39, 0.29) is 76.3 Å². The van der Waals surface area contributed by atoms with Crippen LogP contribution >= 0.6 is 0 Å². The molecule has 4 saturated carbocycles. The highest BCUT2D eigenvalue weighted by atomic mass is 16.6. The van der Waals surface area contributed by atoms with Gasteiger partial charge in [0.2, 0.25) is 6.54 Å². The SMILES string of the molecule is CCCC(C)OC(=O)C(C)(C)CC(=O)O[C@H]1CC[C@@]2(C)[C@H](CC[C@]3(C)[C@@H]2CC[C@@H]2C4=C(C(C)C)C(=O)CC4([C@@H](O)C[N+](=O)[O-])CC[C@]23C)C1(C)C. The number of aliphatic hydroxyl groups is 1. The van der Waals surface area contributed by atoms with Crippen molar-refractivity contribution in [3.8, 4) is 0 Å². The quantitative estimate of drug-likeness (QED) is 0.128. The lowest BCUT2D eigenvalue weighted by molar-refractivity contribution is -0.494. The van der Waals surface area contributed by atoms with Gasteiger partial charge in [-0.25, -0.2) is 0 Å². The summed E-state index contributed by atoms with van der Waals surface area (Å²) in [6.45, 7) is 23.0. The summed E-state index contributed by atoms with van der Waals surface area (Å²) in [5.41, 5.74) is -0.329. The Balaban J connectivity index is 1.39. The normalized spacial score (nSPS) is 38.6. The van der Waals surface area contributed by atoms with Crippen molar-refractivity contribution in [3.63, 3.8) is 0 Å². The monoisotopic (exact) mass is 713 g/mol. The molecule has 0 aromatic heterocycles. The molecule has 288 valence electrons. The Morgan fingerprint density at radius 2 is 1.63 bits per heavy atom. The topological polar surface area (TPSA) is 133 Å². The smallest absolute Gasteiger partial charge is 0.312 e. The molecular formula is C42H67NO8. The van der Waals surface area contributed by atoms with Crippen molar-refractivity contribution in [2.75, 3.05) is 6.54 Å². The van der Waals surface area contributed by atoms with Crippen LogP contribution in [0.5, 0.6) is 0 Å². The van der Waals surface area contributed by atoms with Crippen LogP contribution in [0.3, 0.4) is 0 Å². The standard InChI is InChI=1S/C42H67NO8/c1-12-13-26(4)50-36(47)37(5,6)23-33(46)51-32-17-18-39(9)29(38(32,7)8)16-19-41(11)30(39)15-14-27-35-34(25(2)3)28(44)22-42(35,21-20-40(27,41)10)31(45)24-43(48)49/h25-27,29-32,45H,12-24H2,1-11H3/t26?,27-,29-,30-,31+,32+,39+,40-,41-,42?/m1/s1. The molecule has 9 heteroatoms. The molecule has 0 aromatic carbocycles. The van der Waals surface area contributed by atoms with Gasteiger partial charge in [0.25, 0.3) is 0 Å². The van der Waals surface area contributed by atoms with Crippen molar-refractivity contribution in [2.45, 2.75) is 172 Å². The highest BCUT2D eigenvalue weighted by Gasteiger charge is 2.71. The van der Waals surface area contributed by atoms with Gasteiger partial charge in [-0.1, -0.05) is 67.4 Å². The Morgan fingerprint density at radius 3 is 2.24 bits per heavy atom. The average Bonchev–Trinajstić information content (AvgIpc) is 3.32. The third kappa shape index (κ3) is 6.31. The van der Waals surface area contributed by atoms with Crippen LogP contribution in [0.4, 0.5) is 0 Å². The number of carbonyl (C=O) groups excluding carboxylic acids is 3. The molecule has 5 rings (SSSR count). The van der Waals surface area contributed by atoms with E-state index in [0.29, 0.717) is 18.3 Å². The summed E-state index contributed by atoms with van der Waals surface area (Å²) in [5.74, 6) is 0.219. The molecule has 0 radical (unpaired) electrons. The molecule has 1 N–H and O–H groups in total. The Labute approximate surface area is 306 Å². The van der Waals surface area contributed by atoms with Crippen LogP contribution in [0.2, 0.25) is 0 Å². The summed E-state index contributed by atoms with van der Waals surface area (Å²) in [4.78, 5) is 51.4. The lowest BCUT2D eigenvalue weighted by Crippen LogP contribution is -2.66. The largest absolute Gasteiger partial charge is 0.462 e. The Kier molecular flexibility index (Phi) is 10.6. The van der Waals surface area contributed by atoms with Crippen LogP contribution in [-0.2, 0) is 23.9 Å². The molecule has 0 bridgehead atoms. The van der Waals surface area contributed by atoms with Crippen molar-refractivity contribution in [2.24, 2.45) is 56.2 Å². The summed E-state index contributed by atoms with van der Waals surface area (Å²) >= 11 is 0. The van der Waals surface area contributed by atoms with Gasteiger partial charge in [-0.05, 0) is 124 Å². The van der Waals surface area contributed by atoms with Crippen molar-refractivity contribution in [3.05, 3.63) is 21.3 Å². The number of ether oxygens (including phenoxy) is 2. The molecule has 0 aromatic rings. The van der Waals surface area contributed by atoms with Gasteiger partial charge >= 0.3 is 11.9 Å². The molecule has 5 aliphatic carbocycles. The number of esters is 2. The zero-order valence-electron chi connectivity index (χ0n) is 33.5. The summed E-state index contributed by atoms with van der Waals surface area (Å²) in [7, 11) is 0. The van der Waals surface area contributed by atoms with E-state index in [1.165, 1.54) is 0 Å². The zero-order chi connectivity index (χ0) is 38.1. The highest BCUT2D eigenvalue weighted by Crippen LogP contribution is 2.77. The first-order valence-corrected chi connectivity index (χ1v) is 20.0. The fraction of sp³-hybridized carbons (Fsp3) is 0.881. The number of hydrogen-bond acceptors (Lipinski definition) is 8. The molecule has 0 spiro atoms. The van der Waals surface area contributed by atoms with E-state index in [2.05, 4.69) is 55.4 Å². The van der Waals surface area contributed by atoms with Crippen molar-refractivity contribution in [1.82, 2.24) is 0 Å². The predicted molar refractivity (Wildman–Crippen MR) is 196 cm³/mol. The van der Waals surface area contributed by atoms with E-state index < -0.39 is 28.4 Å². The molecule has 4 fully saturated rings. The molecule has 0 saturated heterocycles. The molecule has 51 heavy (non-hydrogen) atoms. The van der Waals surface area contributed by atoms with E-state index in [0.717, 1.165) is 68.9 Å². The van der Waals surface area contributed by atoms with Crippen LogP contribution < -0.4 is 0 Å². The number of aliphatic hydroxyl groups excluding tert-OH is 1. The van der Waals surface area contributed by atoms with Gasteiger partial charge < -0.3 is 14.6 Å².